The van der Waals surface area contributed by atoms with Crippen molar-refractivity contribution in [3.63, 3.8) is 0 Å². The molecule has 282 valence electrons. The normalized spacial score (nSPS) is 13.6. The predicted octanol–water partition coefficient (Wildman–Crippen LogP) is 11.9. The van der Waals surface area contributed by atoms with Crippen LogP contribution in [0, 0.1) is 0 Å². The molecule has 47 heavy (non-hydrogen) atoms. The van der Waals surface area contributed by atoms with E-state index in [9.17, 15) is 20.1 Å². The standard InChI is InChI=1S/C42H85NO4/c1-3-5-7-9-11-13-15-17-19-21-23-24-26-28-30-32-34-36-40(45)39(38-44)43-42(47)41(46)37-35-33-31-29-27-25-22-20-18-16-14-12-10-8-6-4-2/h39-41,44-46H,3-38H2,1-2H3,(H,43,47). The Balaban J connectivity index is 3.60. The molecular weight excluding hydrogens is 582 g/mol. The molecule has 0 saturated carbocycles. The maximum absolute atomic E-state index is 12.5. The van der Waals surface area contributed by atoms with Gasteiger partial charge in [0.1, 0.15) is 6.10 Å². The van der Waals surface area contributed by atoms with Crippen molar-refractivity contribution in [2.24, 2.45) is 0 Å². The monoisotopic (exact) mass is 668 g/mol. The van der Waals surface area contributed by atoms with Gasteiger partial charge in [0.15, 0.2) is 0 Å². The van der Waals surface area contributed by atoms with Gasteiger partial charge in [0.05, 0.1) is 18.8 Å². The van der Waals surface area contributed by atoms with Crippen LogP contribution in [0.4, 0.5) is 0 Å². The van der Waals surface area contributed by atoms with Crippen LogP contribution in [0.15, 0.2) is 0 Å². The van der Waals surface area contributed by atoms with Gasteiger partial charge in [0.25, 0.3) is 0 Å². The molecule has 5 heteroatoms. The van der Waals surface area contributed by atoms with Gasteiger partial charge in [-0.25, -0.2) is 0 Å². The van der Waals surface area contributed by atoms with Gasteiger partial charge in [-0.1, -0.05) is 226 Å². The highest BCUT2D eigenvalue weighted by molar-refractivity contribution is 5.80. The summed E-state index contributed by atoms with van der Waals surface area (Å²) in [5.41, 5.74) is 0. The summed E-state index contributed by atoms with van der Waals surface area (Å²) in [6.07, 6.45) is 42.4. The van der Waals surface area contributed by atoms with Crippen molar-refractivity contribution in [2.45, 2.75) is 257 Å². The fourth-order valence-corrected chi connectivity index (χ4v) is 6.84. The van der Waals surface area contributed by atoms with Crippen LogP contribution in [-0.2, 0) is 4.79 Å². The van der Waals surface area contributed by atoms with Crippen molar-refractivity contribution < 1.29 is 20.1 Å². The van der Waals surface area contributed by atoms with Gasteiger partial charge in [-0.3, -0.25) is 4.79 Å². The molecule has 0 aliphatic heterocycles. The first-order valence-corrected chi connectivity index (χ1v) is 21.3. The van der Waals surface area contributed by atoms with E-state index in [0.717, 1.165) is 32.1 Å². The van der Waals surface area contributed by atoms with Crippen LogP contribution in [0.3, 0.4) is 0 Å². The molecule has 5 nitrogen and oxygen atoms in total. The Kier molecular flexibility index (Phi) is 37.6. The number of aliphatic hydroxyl groups excluding tert-OH is 3. The third-order valence-electron chi connectivity index (χ3n) is 10.2. The molecule has 0 rings (SSSR count). The van der Waals surface area contributed by atoms with Crippen LogP contribution in [-0.4, -0.2) is 46.1 Å². The smallest absolute Gasteiger partial charge is 0.249 e. The largest absolute Gasteiger partial charge is 0.394 e. The lowest BCUT2D eigenvalue weighted by Gasteiger charge is -2.23. The molecule has 1 amide bonds. The van der Waals surface area contributed by atoms with E-state index in [1.54, 1.807) is 0 Å². The molecule has 0 aliphatic rings. The van der Waals surface area contributed by atoms with Crippen molar-refractivity contribution in [1.82, 2.24) is 5.32 Å². The fourth-order valence-electron chi connectivity index (χ4n) is 6.84. The number of unbranched alkanes of at least 4 members (excludes halogenated alkanes) is 31. The lowest BCUT2D eigenvalue weighted by Crippen LogP contribution is -2.49. The van der Waals surface area contributed by atoms with E-state index in [1.165, 1.54) is 180 Å². The minimum Gasteiger partial charge on any atom is -0.394 e. The zero-order valence-corrected chi connectivity index (χ0v) is 31.9. The minimum atomic E-state index is -1.07. The highest BCUT2D eigenvalue weighted by Crippen LogP contribution is 2.17. The molecule has 0 saturated heterocycles. The Labute approximate surface area is 294 Å². The SMILES string of the molecule is CCCCCCCCCCCCCCCCCCCC(O)C(CO)NC(=O)C(O)CCCCCCCCCCCCCCCCCC. The first-order valence-electron chi connectivity index (χ1n) is 21.3. The van der Waals surface area contributed by atoms with E-state index in [-0.39, 0.29) is 6.61 Å². The number of rotatable bonds is 39. The molecule has 4 N–H and O–H groups in total. The zero-order valence-electron chi connectivity index (χ0n) is 31.9. The summed E-state index contributed by atoms with van der Waals surface area (Å²) in [6.45, 7) is 4.25. The average molecular weight is 668 g/mol. The van der Waals surface area contributed by atoms with Crippen molar-refractivity contribution in [1.29, 1.82) is 0 Å². The van der Waals surface area contributed by atoms with Gasteiger partial charge < -0.3 is 20.6 Å². The summed E-state index contributed by atoms with van der Waals surface area (Å²) < 4.78 is 0. The summed E-state index contributed by atoms with van der Waals surface area (Å²) >= 11 is 0. The van der Waals surface area contributed by atoms with E-state index in [0.29, 0.717) is 12.8 Å². The molecule has 0 heterocycles. The van der Waals surface area contributed by atoms with Crippen LogP contribution >= 0.6 is 0 Å². The molecule has 0 radical (unpaired) electrons. The average Bonchev–Trinajstić information content (AvgIpc) is 3.07. The number of nitrogens with one attached hydrogen (secondary N) is 1. The summed E-state index contributed by atoms with van der Waals surface area (Å²) in [4.78, 5) is 12.5. The lowest BCUT2D eigenvalue weighted by atomic mass is 10.0. The molecule has 0 aliphatic carbocycles. The maximum Gasteiger partial charge on any atom is 0.249 e. The quantitative estimate of drug-likeness (QED) is 0.0491. The second-order valence-corrected chi connectivity index (χ2v) is 14.9. The summed E-state index contributed by atoms with van der Waals surface area (Å²) in [5, 5.41) is 33.3. The van der Waals surface area contributed by atoms with Crippen LogP contribution in [0.1, 0.15) is 239 Å². The number of hydrogen-bond acceptors (Lipinski definition) is 4. The number of carbonyl (C=O) groups is 1. The minimum absolute atomic E-state index is 0.308. The molecule has 0 aromatic rings. The molecule has 0 aromatic carbocycles. The van der Waals surface area contributed by atoms with Crippen LogP contribution in [0.5, 0.6) is 0 Å². The van der Waals surface area contributed by atoms with Gasteiger partial charge in [0, 0.05) is 0 Å². The zero-order chi connectivity index (χ0) is 34.5. The third kappa shape index (κ3) is 33.6. The Morgan fingerprint density at radius 2 is 0.681 bits per heavy atom. The highest BCUT2D eigenvalue weighted by atomic mass is 16.3. The van der Waals surface area contributed by atoms with Crippen molar-refractivity contribution in [3.05, 3.63) is 0 Å². The van der Waals surface area contributed by atoms with Crippen molar-refractivity contribution in [3.8, 4) is 0 Å². The Bertz CT molecular complexity index is 615. The highest BCUT2D eigenvalue weighted by Gasteiger charge is 2.23. The first-order chi connectivity index (χ1) is 23.1. The summed E-state index contributed by atoms with van der Waals surface area (Å²) in [6, 6.07) is -0.705. The van der Waals surface area contributed by atoms with Crippen molar-refractivity contribution in [2.75, 3.05) is 6.61 Å². The van der Waals surface area contributed by atoms with Crippen LogP contribution < -0.4 is 5.32 Å². The predicted molar refractivity (Wildman–Crippen MR) is 204 cm³/mol. The van der Waals surface area contributed by atoms with Crippen LogP contribution in [0.25, 0.3) is 0 Å². The van der Waals surface area contributed by atoms with Gasteiger partial charge in [-0.2, -0.15) is 0 Å². The fraction of sp³-hybridized carbons (Fsp3) is 0.976. The van der Waals surface area contributed by atoms with E-state index < -0.39 is 24.2 Å². The molecule has 0 fully saturated rings. The Morgan fingerprint density at radius 3 is 0.957 bits per heavy atom. The lowest BCUT2D eigenvalue weighted by molar-refractivity contribution is -0.131. The third-order valence-corrected chi connectivity index (χ3v) is 10.2. The van der Waals surface area contributed by atoms with E-state index in [2.05, 4.69) is 19.2 Å². The van der Waals surface area contributed by atoms with Crippen molar-refractivity contribution >= 4 is 5.91 Å². The van der Waals surface area contributed by atoms with Gasteiger partial charge in [-0.05, 0) is 12.8 Å². The van der Waals surface area contributed by atoms with E-state index >= 15 is 0 Å². The van der Waals surface area contributed by atoms with Gasteiger partial charge in [0.2, 0.25) is 5.91 Å². The number of aliphatic hydroxyl groups is 3. The summed E-state index contributed by atoms with van der Waals surface area (Å²) in [5.74, 6) is -0.466. The first kappa shape index (κ1) is 46.4. The number of amides is 1. The van der Waals surface area contributed by atoms with Gasteiger partial charge >= 0.3 is 0 Å². The van der Waals surface area contributed by atoms with Gasteiger partial charge in [-0.15, -0.1) is 0 Å². The summed E-state index contributed by atoms with van der Waals surface area (Å²) in [7, 11) is 0. The number of carbonyl (C=O) groups excluding carboxylic acids is 1. The van der Waals surface area contributed by atoms with Crippen LogP contribution in [0.2, 0.25) is 0 Å². The molecule has 3 unspecified atom stereocenters. The topological polar surface area (TPSA) is 89.8 Å². The Morgan fingerprint density at radius 1 is 0.426 bits per heavy atom. The maximum atomic E-state index is 12.5. The Hall–Kier alpha value is -0.650. The second kappa shape index (κ2) is 38.2. The van der Waals surface area contributed by atoms with E-state index in [1.807, 2.05) is 0 Å². The molecule has 0 aromatic heterocycles. The van der Waals surface area contributed by atoms with E-state index in [4.69, 9.17) is 0 Å². The molecular formula is C42H85NO4. The second-order valence-electron chi connectivity index (χ2n) is 14.9. The molecule has 0 bridgehead atoms. The number of hydrogen-bond donors (Lipinski definition) is 4. The molecule has 0 spiro atoms. The molecule has 3 atom stereocenters.